The van der Waals surface area contributed by atoms with Crippen LogP contribution in [0.3, 0.4) is 0 Å². The number of ether oxygens (including phenoxy) is 1. The van der Waals surface area contributed by atoms with E-state index in [1.807, 2.05) is 13.0 Å². The van der Waals surface area contributed by atoms with Crippen molar-refractivity contribution in [3.8, 4) is 0 Å². The molecular weight excluding hydrogens is 176 g/mol. The first-order chi connectivity index (χ1) is 6.81. The Hall–Kier alpha value is -0.630. The van der Waals surface area contributed by atoms with E-state index in [1.54, 1.807) is 0 Å². The fraction of sp³-hybridized carbons (Fsp3) is 0.750. The van der Waals surface area contributed by atoms with E-state index in [0.717, 1.165) is 32.1 Å². The van der Waals surface area contributed by atoms with E-state index in [0.29, 0.717) is 19.6 Å². The molecule has 0 fully saturated rings. The van der Waals surface area contributed by atoms with Gasteiger partial charge in [0.05, 0.1) is 0 Å². The molecule has 0 aromatic heterocycles. The van der Waals surface area contributed by atoms with Gasteiger partial charge in [-0.05, 0) is 25.7 Å². The maximum absolute atomic E-state index is 11.2. The lowest BCUT2D eigenvalue weighted by molar-refractivity contribution is -0.123. The molecule has 0 rings (SSSR count). The Morgan fingerprint density at radius 3 is 2.79 bits per heavy atom. The minimum Gasteiger partial charge on any atom is -0.374 e. The molecule has 0 N–H and O–H groups in total. The van der Waals surface area contributed by atoms with Crippen molar-refractivity contribution in [2.24, 2.45) is 0 Å². The molecule has 82 valence electrons. The van der Waals surface area contributed by atoms with Crippen LogP contribution in [0, 0.1) is 0 Å². The monoisotopic (exact) mass is 198 g/mol. The van der Waals surface area contributed by atoms with Gasteiger partial charge in [0.1, 0.15) is 6.61 Å². The standard InChI is InChI=1S/C12H22O2/c1-3-5-6-7-8-9-12(13)11-14-10-4-2/h3H,1,4-11H2,2H3. The van der Waals surface area contributed by atoms with Crippen LogP contribution in [-0.4, -0.2) is 19.0 Å². The van der Waals surface area contributed by atoms with Crippen molar-refractivity contribution in [1.82, 2.24) is 0 Å². The van der Waals surface area contributed by atoms with Crippen LogP contribution in [0.15, 0.2) is 12.7 Å². The molecule has 0 radical (unpaired) electrons. The van der Waals surface area contributed by atoms with Crippen LogP contribution in [0.5, 0.6) is 0 Å². The molecule has 0 atom stereocenters. The van der Waals surface area contributed by atoms with Gasteiger partial charge in [-0.25, -0.2) is 0 Å². The van der Waals surface area contributed by atoms with Crippen molar-refractivity contribution in [3.63, 3.8) is 0 Å². The van der Waals surface area contributed by atoms with E-state index in [9.17, 15) is 4.79 Å². The molecule has 0 bridgehead atoms. The second kappa shape index (κ2) is 10.5. The van der Waals surface area contributed by atoms with Gasteiger partial charge in [-0.2, -0.15) is 0 Å². The third-order valence-electron chi connectivity index (χ3n) is 1.98. The molecule has 0 heterocycles. The van der Waals surface area contributed by atoms with Crippen LogP contribution >= 0.6 is 0 Å². The zero-order valence-electron chi connectivity index (χ0n) is 9.26. The Bertz CT molecular complexity index is 152. The van der Waals surface area contributed by atoms with E-state index in [2.05, 4.69) is 6.58 Å². The van der Waals surface area contributed by atoms with Gasteiger partial charge < -0.3 is 4.74 Å². The highest BCUT2D eigenvalue weighted by molar-refractivity contribution is 5.79. The SMILES string of the molecule is C=CCCCCCC(=O)COCCC. The van der Waals surface area contributed by atoms with Crippen LogP contribution in [0.4, 0.5) is 0 Å². The van der Waals surface area contributed by atoms with E-state index >= 15 is 0 Å². The Morgan fingerprint density at radius 2 is 2.14 bits per heavy atom. The third kappa shape index (κ3) is 9.46. The normalized spacial score (nSPS) is 10.1. The largest absolute Gasteiger partial charge is 0.374 e. The van der Waals surface area contributed by atoms with Gasteiger partial charge in [-0.15, -0.1) is 6.58 Å². The molecule has 0 aliphatic carbocycles. The van der Waals surface area contributed by atoms with Crippen LogP contribution in [0.2, 0.25) is 0 Å². The molecule has 0 saturated heterocycles. The summed E-state index contributed by atoms with van der Waals surface area (Å²) in [5.41, 5.74) is 0. The molecule has 0 aromatic carbocycles. The summed E-state index contributed by atoms with van der Waals surface area (Å²) in [5.74, 6) is 0.233. The second-order valence-electron chi connectivity index (χ2n) is 3.48. The van der Waals surface area contributed by atoms with Crippen molar-refractivity contribution >= 4 is 5.78 Å². The van der Waals surface area contributed by atoms with E-state index in [4.69, 9.17) is 4.74 Å². The molecule has 0 unspecified atom stereocenters. The minimum atomic E-state index is 0.233. The Morgan fingerprint density at radius 1 is 1.36 bits per heavy atom. The van der Waals surface area contributed by atoms with Crippen molar-refractivity contribution in [3.05, 3.63) is 12.7 Å². The van der Waals surface area contributed by atoms with Crippen molar-refractivity contribution < 1.29 is 9.53 Å². The van der Waals surface area contributed by atoms with Gasteiger partial charge in [0.2, 0.25) is 0 Å². The molecule has 0 saturated carbocycles. The van der Waals surface area contributed by atoms with E-state index < -0.39 is 0 Å². The predicted molar refractivity (Wildman–Crippen MR) is 59.4 cm³/mol. The lowest BCUT2D eigenvalue weighted by Gasteiger charge is -2.01. The van der Waals surface area contributed by atoms with Gasteiger partial charge in [0.25, 0.3) is 0 Å². The summed E-state index contributed by atoms with van der Waals surface area (Å²) < 4.78 is 5.16. The molecule has 2 heteroatoms. The smallest absolute Gasteiger partial charge is 0.158 e. The van der Waals surface area contributed by atoms with E-state index in [1.165, 1.54) is 0 Å². The predicted octanol–water partition coefficient (Wildman–Crippen LogP) is 3.12. The maximum Gasteiger partial charge on any atom is 0.158 e. The summed E-state index contributed by atoms with van der Waals surface area (Å²) in [6, 6.07) is 0. The van der Waals surface area contributed by atoms with Crippen molar-refractivity contribution in [1.29, 1.82) is 0 Å². The molecule has 14 heavy (non-hydrogen) atoms. The maximum atomic E-state index is 11.2. The van der Waals surface area contributed by atoms with Crippen LogP contribution in [-0.2, 0) is 9.53 Å². The highest BCUT2D eigenvalue weighted by Gasteiger charge is 2.00. The molecule has 0 amide bonds. The molecule has 0 aliphatic heterocycles. The summed E-state index contributed by atoms with van der Waals surface area (Å²) in [5, 5.41) is 0. The lowest BCUT2D eigenvalue weighted by Crippen LogP contribution is -2.08. The van der Waals surface area contributed by atoms with Gasteiger partial charge >= 0.3 is 0 Å². The zero-order chi connectivity index (χ0) is 10.6. The summed E-state index contributed by atoms with van der Waals surface area (Å²) in [6.07, 6.45) is 7.88. The number of allylic oxidation sites excluding steroid dienone is 1. The number of hydrogen-bond donors (Lipinski definition) is 0. The topological polar surface area (TPSA) is 26.3 Å². The van der Waals surface area contributed by atoms with Crippen molar-refractivity contribution in [2.75, 3.05) is 13.2 Å². The Balaban J connectivity index is 3.14. The number of carbonyl (C=O) groups is 1. The molecule has 0 aliphatic rings. The van der Waals surface area contributed by atoms with Gasteiger partial charge in [0.15, 0.2) is 5.78 Å². The van der Waals surface area contributed by atoms with Crippen LogP contribution < -0.4 is 0 Å². The summed E-state index contributed by atoms with van der Waals surface area (Å²) in [7, 11) is 0. The second-order valence-corrected chi connectivity index (χ2v) is 3.48. The molecule has 2 nitrogen and oxygen atoms in total. The Kier molecular flexibility index (Phi) is 9.98. The molecular formula is C12H22O2. The lowest BCUT2D eigenvalue weighted by atomic mass is 10.1. The van der Waals surface area contributed by atoms with Crippen LogP contribution in [0.1, 0.15) is 45.4 Å². The highest BCUT2D eigenvalue weighted by atomic mass is 16.5. The number of ketones is 1. The Labute approximate surface area is 87.3 Å². The number of carbonyl (C=O) groups excluding carboxylic acids is 1. The fourth-order valence-electron chi connectivity index (χ4n) is 1.19. The fourth-order valence-corrected chi connectivity index (χ4v) is 1.19. The first kappa shape index (κ1) is 13.4. The zero-order valence-corrected chi connectivity index (χ0v) is 9.26. The molecule has 0 aromatic rings. The first-order valence-corrected chi connectivity index (χ1v) is 5.51. The number of rotatable bonds is 10. The first-order valence-electron chi connectivity index (χ1n) is 5.51. The quantitative estimate of drug-likeness (QED) is 0.398. The average Bonchev–Trinajstić information content (AvgIpc) is 2.18. The molecule has 0 spiro atoms. The number of Topliss-reactive ketones (excluding diaryl/α,β-unsaturated/α-hetero) is 1. The van der Waals surface area contributed by atoms with Crippen LogP contribution in [0.25, 0.3) is 0 Å². The van der Waals surface area contributed by atoms with Gasteiger partial charge in [0, 0.05) is 13.0 Å². The van der Waals surface area contributed by atoms with Crippen molar-refractivity contribution in [2.45, 2.75) is 45.4 Å². The average molecular weight is 198 g/mol. The van der Waals surface area contributed by atoms with Gasteiger partial charge in [-0.1, -0.05) is 19.4 Å². The minimum absolute atomic E-state index is 0.233. The van der Waals surface area contributed by atoms with E-state index in [-0.39, 0.29) is 5.78 Å². The number of hydrogen-bond acceptors (Lipinski definition) is 2. The van der Waals surface area contributed by atoms with Gasteiger partial charge in [-0.3, -0.25) is 4.79 Å². The highest BCUT2D eigenvalue weighted by Crippen LogP contribution is 2.03. The summed E-state index contributed by atoms with van der Waals surface area (Å²) >= 11 is 0. The third-order valence-corrected chi connectivity index (χ3v) is 1.98. The number of unbranched alkanes of at least 4 members (excludes halogenated alkanes) is 3. The summed E-state index contributed by atoms with van der Waals surface area (Å²) in [6.45, 7) is 6.70. The summed E-state index contributed by atoms with van der Waals surface area (Å²) in [4.78, 5) is 11.2.